The van der Waals surface area contributed by atoms with Crippen LogP contribution in [-0.2, 0) is 17.3 Å². The zero-order valence-electron chi connectivity index (χ0n) is 16.2. The van der Waals surface area contributed by atoms with Crippen molar-refractivity contribution in [3.05, 3.63) is 71.7 Å². The van der Waals surface area contributed by atoms with E-state index < -0.39 is 0 Å². The molecule has 2 nitrogen and oxygen atoms in total. The Hall–Kier alpha value is -2.48. The Labute approximate surface area is 154 Å². The van der Waals surface area contributed by atoms with Gasteiger partial charge in [0, 0.05) is 17.2 Å². The smallest absolute Gasteiger partial charge is 0.134 e. The lowest BCUT2D eigenvalue weighted by molar-refractivity contribution is 0.449. The zero-order chi connectivity index (χ0) is 18.5. The second-order valence-electron chi connectivity index (χ2n) is 8.91. The highest BCUT2D eigenvalue weighted by Crippen LogP contribution is 2.35. The summed E-state index contributed by atoms with van der Waals surface area (Å²) in [7, 11) is 0. The average Bonchev–Trinajstić information content (AvgIpc) is 3.17. The van der Waals surface area contributed by atoms with Crippen molar-refractivity contribution >= 4 is 21.9 Å². The van der Waals surface area contributed by atoms with Crippen LogP contribution in [0.15, 0.2) is 63.6 Å². The third-order valence-corrected chi connectivity index (χ3v) is 5.27. The van der Waals surface area contributed by atoms with Crippen molar-refractivity contribution in [2.24, 2.45) is 0 Å². The number of hydrogen-bond donors (Lipinski definition) is 0. The van der Waals surface area contributed by atoms with Gasteiger partial charge in [-0.3, -0.25) is 0 Å². The van der Waals surface area contributed by atoms with Crippen LogP contribution in [0.4, 0.5) is 0 Å². The van der Waals surface area contributed by atoms with E-state index in [-0.39, 0.29) is 10.8 Å². The summed E-state index contributed by atoms with van der Waals surface area (Å²) < 4.78 is 11.7. The molecular weight excluding hydrogens is 320 g/mol. The summed E-state index contributed by atoms with van der Waals surface area (Å²) in [5.41, 5.74) is 4.62. The highest BCUT2D eigenvalue weighted by Gasteiger charge is 2.26. The van der Waals surface area contributed by atoms with Gasteiger partial charge < -0.3 is 8.83 Å². The van der Waals surface area contributed by atoms with Crippen molar-refractivity contribution in [1.29, 1.82) is 0 Å². The van der Waals surface area contributed by atoms with Crippen molar-refractivity contribution in [3.63, 3.8) is 0 Å². The molecule has 2 heteroatoms. The zero-order valence-corrected chi connectivity index (χ0v) is 16.2. The molecule has 0 bridgehead atoms. The molecule has 2 heterocycles. The molecule has 0 amide bonds. The summed E-state index contributed by atoms with van der Waals surface area (Å²) in [6, 6.07) is 17.1. The van der Waals surface area contributed by atoms with Crippen LogP contribution < -0.4 is 0 Å². The molecule has 2 aromatic carbocycles. The third-order valence-electron chi connectivity index (χ3n) is 5.27. The fraction of sp³-hybridized carbons (Fsp3) is 0.333. The first-order valence-electron chi connectivity index (χ1n) is 9.24. The molecule has 0 saturated carbocycles. The number of benzene rings is 2. The molecule has 2 aromatic heterocycles. The van der Waals surface area contributed by atoms with E-state index in [9.17, 15) is 0 Å². The van der Waals surface area contributed by atoms with Crippen molar-refractivity contribution in [2.75, 3.05) is 0 Å². The van der Waals surface area contributed by atoms with E-state index in [1.165, 1.54) is 21.9 Å². The number of furan rings is 2. The van der Waals surface area contributed by atoms with Gasteiger partial charge in [-0.15, -0.1) is 0 Å². The van der Waals surface area contributed by atoms with E-state index in [0.717, 1.165) is 23.3 Å². The van der Waals surface area contributed by atoms with E-state index in [2.05, 4.69) is 77.1 Å². The minimum atomic E-state index is -0.0515. The van der Waals surface area contributed by atoms with Gasteiger partial charge in [-0.2, -0.15) is 0 Å². The van der Waals surface area contributed by atoms with Gasteiger partial charge in [0.05, 0.1) is 6.26 Å². The van der Waals surface area contributed by atoms with Crippen LogP contribution in [0.5, 0.6) is 0 Å². The lowest BCUT2D eigenvalue weighted by Gasteiger charge is -2.24. The van der Waals surface area contributed by atoms with Gasteiger partial charge in [-0.1, -0.05) is 52.8 Å². The predicted molar refractivity (Wildman–Crippen MR) is 108 cm³/mol. The molecule has 0 unspecified atom stereocenters. The van der Waals surface area contributed by atoms with Gasteiger partial charge in [0.1, 0.15) is 16.9 Å². The summed E-state index contributed by atoms with van der Waals surface area (Å²) in [6.07, 6.45) is 2.61. The standard InChI is InChI=1S/C24H26O2/c1-23(2,3)17-9-10-21-16(13-17)14-18(26-21)15-24(4,5)20-7-6-8-22-19(20)11-12-25-22/h6-14H,15H2,1-5H3. The molecule has 0 spiro atoms. The molecular formula is C24H26O2. The van der Waals surface area contributed by atoms with Gasteiger partial charge in [0.15, 0.2) is 0 Å². The molecule has 0 aliphatic rings. The Morgan fingerprint density at radius 1 is 0.846 bits per heavy atom. The Morgan fingerprint density at radius 3 is 2.42 bits per heavy atom. The van der Waals surface area contributed by atoms with Gasteiger partial charge in [0.2, 0.25) is 0 Å². The molecule has 26 heavy (non-hydrogen) atoms. The van der Waals surface area contributed by atoms with Crippen molar-refractivity contribution in [3.8, 4) is 0 Å². The van der Waals surface area contributed by atoms with Crippen LogP contribution in [-0.4, -0.2) is 0 Å². The van der Waals surface area contributed by atoms with Crippen LogP contribution in [0, 0.1) is 0 Å². The highest BCUT2D eigenvalue weighted by molar-refractivity contribution is 5.82. The number of rotatable bonds is 3. The number of hydrogen-bond acceptors (Lipinski definition) is 2. The summed E-state index contributed by atoms with van der Waals surface area (Å²) in [5.74, 6) is 1.02. The van der Waals surface area contributed by atoms with Crippen LogP contribution in [0.25, 0.3) is 21.9 Å². The molecule has 134 valence electrons. The van der Waals surface area contributed by atoms with E-state index in [0.29, 0.717) is 0 Å². The SMILES string of the molecule is CC(C)(C)c1ccc2oc(CC(C)(C)c3cccc4occc34)cc2c1. The van der Waals surface area contributed by atoms with E-state index in [1.54, 1.807) is 6.26 Å². The van der Waals surface area contributed by atoms with Crippen LogP contribution in [0.1, 0.15) is 51.5 Å². The van der Waals surface area contributed by atoms with Gasteiger partial charge >= 0.3 is 0 Å². The van der Waals surface area contributed by atoms with E-state index in [4.69, 9.17) is 8.83 Å². The monoisotopic (exact) mass is 346 g/mol. The van der Waals surface area contributed by atoms with Crippen molar-refractivity contribution < 1.29 is 8.83 Å². The van der Waals surface area contributed by atoms with Crippen molar-refractivity contribution in [1.82, 2.24) is 0 Å². The Kier molecular flexibility index (Phi) is 3.76. The topological polar surface area (TPSA) is 26.3 Å². The minimum Gasteiger partial charge on any atom is -0.464 e. The minimum absolute atomic E-state index is 0.0515. The maximum Gasteiger partial charge on any atom is 0.134 e. The first-order chi connectivity index (χ1) is 12.2. The molecule has 0 saturated heterocycles. The van der Waals surface area contributed by atoms with E-state index in [1.807, 2.05) is 6.07 Å². The quantitative estimate of drug-likeness (QED) is 0.399. The second kappa shape index (κ2) is 5.77. The molecule has 0 N–H and O–H groups in total. The normalized spacial score (nSPS) is 13.0. The van der Waals surface area contributed by atoms with Crippen LogP contribution >= 0.6 is 0 Å². The lowest BCUT2D eigenvalue weighted by atomic mass is 9.79. The average molecular weight is 346 g/mol. The largest absolute Gasteiger partial charge is 0.464 e. The molecule has 0 fully saturated rings. The summed E-state index contributed by atoms with van der Waals surface area (Å²) in [4.78, 5) is 0. The van der Waals surface area contributed by atoms with Crippen molar-refractivity contribution in [2.45, 2.75) is 51.9 Å². The molecule has 0 radical (unpaired) electrons. The second-order valence-corrected chi connectivity index (χ2v) is 8.91. The van der Waals surface area contributed by atoms with Crippen LogP contribution in [0.3, 0.4) is 0 Å². The lowest BCUT2D eigenvalue weighted by Crippen LogP contribution is -2.20. The molecule has 4 rings (SSSR count). The Balaban J connectivity index is 1.71. The Bertz CT molecular complexity index is 1070. The third kappa shape index (κ3) is 2.94. The van der Waals surface area contributed by atoms with Crippen LogP contribution in [0.2, 0.25) is 0 Å². The Morgan fingerprint density at radius 2 is 1.65 bits per heavy atom. The van der Waals surface area contributed by atoms with Gasteiger partial charge in [-0.25, -0.2) is 0 Å². The van der Waals surface area contributed by atoms with Gasteiger partial charge in [0.25, 0.3) is 0 Å². The summed E-state index contributed by atoms with van der Waals surface area (Å²) in [5, 5.41) is 2.37. The number of fused-ring (bicyclic) bond motifs is 2. The first-order valence-corrected chi connectivity index (χ1v) is 9.24. The van der Waals surface area contributed by atoms with Gasteiger partial charge in [-0.05, 0) is 52.3 Å². The maximum absolute atomic E-state index is 6.16. The fourth-order valence-electron chi connectivity index (χ4n) is 3.77. The predicted octanol–water partition coefficient (Wildman–Crippen LogP) is 7.00. The molecule has 0 aliphatic carbocycles. The highest BCUT2D eigenvalue weighted by atomic mass is 16.3. The van der Waals surface area contributed by atoms with E-state index >= 15 is 0 Å². The first kappa shape index (κ1) is 17.0. The summed E-state index contributed by atoms with van der Waals surface area (Å²) >= 11 is 0. The maximum atomic E-state index is 6.16. The molecule has 4 aromatic rings. The molecule has 0 atom stereocenters. The molecule has 0 aliphatic heterocycles. The fourth-order valence-corrected chi connectivity index (χ4v) is 3.77. The summed E-state index contributed by atoms with van der Waals surface area (Å²) in [6.45, 7) is 11.3.